The zero-order chi connectivity index (χ0) is 22.5. The number of fused-ring (bicyclic) bond motifs is 1. The number of ether oxygens (including phenoxy) is 5. The van der Waals surface area contributed by atoms with Gasteiger partial charge in [-0.2, -0.15) is 0 Å². The number of aromatic nitrogens is 1. The lowest BCUT2D eigenvalue weighted by molar-refractivity contribution is 0.0527. The van der Waals surface area contributed by atoms with E-state index in [4.69, 9.17) is 35.3 Å². The predicted octanol–water partition coefficient (Wildman–Crippen LogP) is 4.84. The van der Waals surface area contributed by atoms with Crippen molar-refractivity contribution in [1.29, 1.82) is 0 Å². The van der Waals surface area contributed by atoms with Gasteiger partial charge in [-0.15, -0.1) is 0 Å². The molecule has 0 bridgehead atoms. The zero-order valence-electron chi connectivity index (χ0n) is 17.9. The minimum atomic E-state index is -0.513. The molecule has 1 aromatic heterocycles. The lowest BCUT2D eigenvalue weighted by atomic mass is 10.1. The summed E-state index contributed by atoms with van der Waals surface area (Å²) in [5, 5.41) is 4.30. The molecular formula is C22H23ClN2O6. The fourth-order valence-electron chi connectivity index (χ4n) is 3.15. The van der Waals surface area contributed by atoms with E-state index in [1.807, 2.05) is 0 Å². The van der Waals surface area contributed by atoms with Crippen molar-refractivity contribution in [3.8, 4) is 23.0 Å². The van der Waals surface area contributed by atoms with Gasteiger partial charge >= 0.3 is 5.97 Å². The molecule has 0 saturated carbocycles. The number of hydrogen-bond donors (Lipinski definition) is 1. The van der Waals surface area contributed by atoms with Crippen LogP contribution < -0.4 is 24.3 Å². The maximum atomic E-state index is 12.6. The van der Waals surface area contributed by atoms with Crippen molar-refractivity contribution in [3.63, 3.8) is 0 Å². The van der Waals surface area contributed by atoms with E-state index >= 15 is 0 Å². The van der Waals surface area contributed by atoms with Crippen LogP contribution in [0.25, 0.3) is 10.9 Å². The summed E-state index contributed by atoms with van der Waals surface area (Å²) >= 11 is 6.26. The standard InChI is InChI=1S/C22H23ClN2O6/c1-6-31-22(26)14-11-24-16-10-15(23)17(27-2)9-13(16)20(14)25-12-7-18(28-3)21(30-5)19(8-12)29-4/h7-11H,6H2,1-5H3,(H,24,25). The van der Waals surface area contributed by atoms with Crippen LogP contribution in [0.5, 0.6) is 23.0 Å². The summed E-state index contributed by atoms with van der Waals surface area (Å²) < 4.78 is 26.8. The highest BCUT2D eigenvalue weighted by atomic mass is 35.5. The topological polar surface area (TPSA) is 88.1 Å². The van der Waals surface area contributed by atoms with E-state index in [1.54, 1.807) is 31.2 Å². The number of methoxy groups -OCH3 is 4. The lowest BCUT2D eigenvalue weighted by Gasteiger charge is -2.18. The summed E-state index contributed by atoms with van der Waals surface area (Å²) in [5.41, 5.74) is 1.91. The Morgan fingerprint density at radius 2 is 1.61 bits per heavy atom. The molecule has 3 aromatic rings. The monoisotopic (exact) mass is 446 g/mol. The maximum Gasteiger partial charge on any atom is 0.341 e. The highest BCUT2D eigenvalue weighted by Gasteiger charge is 2.20. The molecule has 0 fully saturated rings. The number of halogens is 1. The fraction of sp³-hybridized carbons (Fsp3) is 0.273. The third kappa shape index (κ3) is 4.39. The third-order valence-electron chi connectivity index (χ3n) is 4.57. The van der Waals surface area contributed by atoms with Gasteiger partial charge in [0, 0.05) is 29.4 Å². The van der Waals surface area contributed by atoms with E-state index in [-0.39, 0.29) is 12.2 Å². The van der Waals surface area contributed by atoms with Crippen molar-refractivity contribution < 1.29 is 28.5 Å². The number of carbonyl (C=O) groups excluding carboxylic acids is 1. The quantitative estimate of drug-likeness (QED) is 0.491. The number of anilines is 2. The van der Waals surface area contributed by atoms with Crippen molar-refractivity contribution in [2.45, 2.75) is 6.92 Å². The molecular weight excluding hydrogens is 424 g/mol. The van der Waals surface area contributed by atoms with Crippen molar-refractivity contribution in [3.05, 3.63) is 41.0 Å². The predicted molar refractivity (Wildman–Crippen MR) is 119 cm³/mol. The molecule has 3 rings (SSSR count). The van der Waals surface area contributed by atoms with Crippen LogP contribution in [0.3, 0.4) is 0 Å². The highest BCUT2D eigenvalue weighted by Crippen LogP contribution is 2.42. The molecule has 164 valence electrons. The largest absolute Gasteiger partial charge is 0.495 e. The van der Waals surface area contributed by atoms with E-state index < -0.39 is 5.97 Å². The van der Waals surface area contributed by atoms with Crippen LogP contribution in [0.4, 0.5) is 11.4 Å². The van der Waals surface area contributed by atoms with Crippen LogP contribution in [0.2, 0.25) is 5.02 Å². The van der Waals surface area contributed by atoms with Crippen LogP contribution in [-0.2, 0) is 4.74 Å². The summed E-state index contributed by atoms with van der Waals surface area (Å²) in [6, 6.07) is 6.85. The molecule has 31 heavy (non-hydrogen) atoms. The summed E-state index contributed by atoms with van der Waals surface area (Å²) in [7, 11) is 6.10. The number of nitrogens with zero attached hydrogens (tertiary/aromatic N) is 1. The summed E-state index contributed by atoms with van der Waals surface area (Å²) in [6.07, 6.45) is 1.45. The first-order chi connectivity index (χ1) is 15.0. The molecule has 0 unspecified atom stereocenters. The molecule has 8 nitrogen and oxygen atoms in total. The summed E-state index contributed by atoms with van der Waals surface area (Å²) in [4.78, 5) is 17.0. The van der Waals surface area contributed by atoms with Crippen LogP contribution >= 0.6 is 11.6 Å². The van der Waals surface area contributed by atoms with E-state index in [2.05, 4.69) is 10.3 Å². The molecule has 9 heteroatoms. The van der Waals surface area contributed by atoms with Gasteiger partial charge in [0.2, 0.25) is 5.75 Å². The van der Waals surface area contributed by atoms with E-state index in [0.717, 1.165) is 0 Å². The Balaban J connectivity index is 2.23. The number of pyridine rings is 1. The number of rotatable bonds is 8. The lowest BCUT2D eigenvalue weighted by Crippen LogP contribution is -2.09. The molecule has 1 heterocycles. The highest BCUT2D eigenvalue weighted by molar-refractivity contribution is 6.33. The zero-order valence-corrected chi connectivity index (χ0v) is 18.6. The average Bonchev–Trinajstić information content (AvgIpc) is 2.78. The van der Waals surface area contributed by atoms with Gasteiger partial charge in [0.25, 0.3) is 0 Å². The van der Waals surface area contributed by atoms with Crippen molar-refractivity contribution in [2.24, 2.45) is 0 Å². The smallest absolute Gasteiger partial charge is 0.341 e. The van der Waals surface area contributed by atoms with Gasteiger partial charge in [0.15, 0.2) is 11.5 Å². The van der Waals surface area contributed by atoms with Crippen LogP contribution in [0.1, 0.15) is 17.3 Å². The fourth-order valence-corrected chi connectivity index (χ4v) is 3.38. The van der Waals surface area contributed by atoms with E-state index in [1.165, 1.54) is 34.6 Å². The number of benzene rings is 2. The molecule has 0 aliphatic carbocycles. The number of esters is 1. The Bertz CT molecular complexity index is 1090. The molecule has 0 radical (unpaired) electrons. The average molecular weight is 447 g/mol. The second-order valence-electron chi connectivity index (χ2n) is 6.31. The molecule has 0 saturated heterocycles. The Morgan fingerprint density at radius 3 is 2.16 bits per heavy atom. The van der Waals surface area contributed by atoms with Gasteiger partial charge in [-0.3, -0.25) is 4.98 Å². The van der Waals surface area contributed by atoms with Gasteiger partial charge in [0.05, 0.1) is 51.3 Å². The summed E-state index contributed by atoms with van der Waals surface area (Å²) in [6.45, 7) is 1.96. The van der Waals surface area contributed by atoms with Crippen molar-refractivity contribution in [1.82, 2.24) is 4.98 Å². The van der Waals surface area contributed by atoms with Gasteiger partial charge in [-0.05, 0) is 19.1 Å². The SMILES string of the molecule is CCOC(=O)c1cnc2cc(Cl)c(OC)cc2c1Nc1cc(OC)c(OC)c(OC)c1. The Morgan fingerprint density at radius 1 is 0.968 bits per heavy atom. The second-order valence-corrected chi connectivity index (χ2v) is 6.72. The first-order valence-electron chi connectivity index (χ1n) is 9.37. The molecule has 0 amide bonds. The number of nitrogens with one attached hydrogen (secondary N) is 1. The molecule has 1 N–H and O–H groups in total. The molecule has 2 aromatic carbocycles. The minimum absolute atomic E-state index is 0.227. The summed E-state index contributed by atoms with van der Waals surface area (Å²) in [5.74, 6) is 1.31. The van der Waals surface area contributed by atoms with E-state index in [0.29, 0.717) is 50.3 Å². The minimum Gasteiger partial charge on any atom is -0.495 e. The molecule has 0 atom stereocenters. The molecule has 0 spiro atoms. The van der Waals surface area contributed by atoms with Gasteiger partial charge in [0.1, 0.15) is 11.3 Å². The Labute approximate surface area is 185 Å². The molecule has 0 aliphatic heterocycles. The second kappa shape index (κ2) is 9.61. The number of hydrogen-bond acceptors (Lipinski definition) is 8. The maximum absolute atomic E-state index is 12.6. The third-order valence-corrected chi connectivity index (χ3v) is 4.87. The van der Waals surface area contributed by atoms with Crippen LogP contribution in [0.15, 0.2) is 30.5 Å². The normalized spacial score (nSPS) is 10.5. The number of carbonyl (C=O) groups is 1. The van der Waals surface area contributed by atoms with Gasteiger partial charge in [-0.25, -0.2) is 4.79 Å². The first kappa shape index (κ1) is 22.3. The van der Waals surface area contributed by atoms with Crippen molar-refractivity contribution in [2.75, 3.05) is 40.4 Å². The first-order valence-corrected chi connectivity index (χ1v) is 9.75. The Kier molecular flexibility index (Phi) is 6.91. The Hall–Kier alpha value is -3.39. The van der Waals surface area contributed by atoms with Crippen LogP contribution in [0, 0.1) is 0 Å². The van der Waals surface area contributed by atoms with Crippen LogP contribution in [-0.4, -0.2) is 46.0 Å². The van der Waals surface area contributed by atoms with Gasteiger partial charge < -0.3 is 29.0 Å². The molecule has 0 aliphatic rings. The van der Waals surface area contributed by atoms with E-state index in [9.17, 15) is 4.79 Å². The van der Waals surface area contributed by atoms with Gasteiger partial charge in [-0.1, -0.05) is 11.6 Å². The van der Waals surface area contributed by atoms with Crippen molar-refractivity contribution >= 4 is 39.8 Å².